The van der Waals surface area contributed by atoms with Crippen LogP contribution < -0.4 is 10.1 Å². The summed E-state index contributed by atoms with van der Waals surface area (Å²) in [7, 11) is 0. The Labute approximate surface area is 104 Å². The highest BCUT2D eigenvalue weighted by molar-refractivity contribution is 9.10. The number of hydrogen-bond donors (Lipinski definition) is 1. The lowest BCUT2D eigenvalue weighted by molar-refractivity contribution is -0.274. The van der Waals surface area contributed by atoms with Crippen LogP contribution in [0.4, 0.5) is 18.9 Å². The van der Waals surface area contributed by atoms with Crippen molar-refractivity contribution in [3.05, 3.63) is 24.3 Å². The maximum absolute atomic E-state index is 11.9. The summed E-state index contributed by atoms with van der Waals surface area (Å²) in [6.07, 6.45) is -4.74. The van der Waals surface area contributed by atoms with Crippen LogP contribution in [-0.4, -0.2) is 17.1 Å². The monoisotopic (exact) mass is 311 g/mol. The molecule has 0 aliphatic rings. The van der Waals surface area contributed by atoms with Crippen molar-refractivity contribution in [2.24, 2.45) is 0 Å². The summed E-state index contributed by atoms with van der Waals surface area (Å²) in [4.78, 5) is 10.9. The molecule has 1 unspecified atom stereocenters. The van der Waals surface area contributed by atoms with E-state index in [2.05, 4.69) is 26.0 Å². The third kappa shape index (κ3) is 5.08. The number of ether oxygens (including phenoxy) is 1. The molecule has 7 heteroatoms. The van der Waals surface area contributed by atoms with Gasteiger partial charge in [0.1, 0.15) is 5.75 Å². The first-order chi connectivity index (χ1) is 7.78. The maximum Gasteiger partial charge on any atom is 0.573 e. The summed E-state index contributed by atoms with van der Waals surface area (Å²) in [5.41, 5.74) is 0.239. The Balaban J connectivity index is 2.76. The van der Waals surface area contributed by atoms with Crippen molar-refractivity contribution in [1.82, 2.24) is 0 Å². The molecule has 3 nitrogen and oxygen atoms in total. The minimum atomic E-state index is -4.74. The second kappa shape index (κ2) is 5.39. The first kappa shape index (κ1) is 13.8. The molecule has 17 heavy (non-hydrogen) atoms. The quantitative estimate of drug-likeness (QED) is 0.870. The van der Waals surface area contributed by atoms with Gasteiger partial charge in [0.15, 0.2) is 0 Å². The van der Waals surface area contributed by atoms with Gasteiger partial charge in [-0.15, -0.1) is 13.2 Å². The minimum absolute atomic E-state index is 0.239. The number of benzene rings is 1. The van der Waals surface area contributed by atoms with E-state index in [4.69, 9.17) is 0 Å². The van der Waals surface area contributed by atoms with Crippen molar-refractivity contribution in [2.75, 3.05) is 5.32 Å². The van der Waals surface area contributed by atoms with E-state index < -0.39 is 11.2 Å². The van der Waals surface area contributed by atoms with Crippen LogP contribution in [0.2, 0.25) is 0 Å². The number of rotatable bonds is 3. The number of amides is 1. The number of halogens is 4. The highest BCUT2D eigenvalue weighted by atomic mass is 79.9. The third-order valence-corrected chi connectivity index (χ3v) is 2.11. The predicted molar refractivity (Wildman–Crippen MR) is 60.1 cm³/mol. The number of anilines is 1. The molecule has 0 aliphatic heterocycles. The zero-order chi connectivity index (χ0) is 13.1. The molecular weight excluding hydrogens is 303 g/mol. The molecule has 1 rings (SSSR count). The standard InChI is InChI=1S/C10H9BrF3NO2/c1-6(11)9(16)15-7-3-2-4-8(5-7)17-10(12,13)14/h2-6H,1H3,(H,15,16). The number of hydrogen-bond acceptors (Lipinski definition) is 2. The number of carbonyl (C=O) groups excluding carboxylic acids is 1. The van der Waals surface area contributed by atoms with E-state index in [0.29, 0.717) is 0 Å². The van der Waals surface area contributed by atoms with Gasteiger partial charge >= 0.3 is 6.36 Å². The van der Waals surface area contributed by atoms with E-state index in [1.54, 1.807) is 6.92 Å². The van der Waals surface area contributed by atoms with Crippen LogP contribution in [0, 0.1) is 0 Å². The Morgan fingerprint density at radius 1 is 1.47 bits per heavy atom. The molecule has 0 saturated carbocycles. The van der Waals surface area contributed by atoms with E-state index in [1.165, 1.54) is 12.1 Å². The Bertz CT molecular complexity index is 407. The first-order valence-electron chi connectivity index (χ1n) is 4.58. The fourth-order valence-electron chi connectivity index (χ4n) is 1.01. The lowest BCUT2D eigenvalue weighted by atomic mass is 10.3. The molecule has 0 heterocycles. The molecule has 1 amide bonds. The van der Waals surface area contributed by atoms with Gasteiger partial charge in [-0.25, -0.2) is 0 Å². The molecular formula is C10H9BrF3NO2. The number of alkyl halides is 4. The number of nitrogens with one attached hydrogen (secondary N) is 1. The molecule has 0 saturated heterocycles. The predicted octanol–water partition coefficient (Wildman–Crippen LogP) is 3.31. The second-order valence-electron chi connectivity index (χ2n) is 3.18. The topological polar surface area (TPSA) is 38.3 Å². The minimum Gasteiger partial charge on any atom is -0.406 e. The summed E-state index contributed by atoms with van der Waals surface area (Å²) in [6, 6.07) is 5.08. The van der Waals surface area contributed by atoms with Gasteiger partial charge in [0.2, 0.25) is 5.91 Å². The lowest BCUT2D eigenvalue weighted by Gasteiger charge is -2.11. The normalized spacial score (nSPS) is 13.0. The molecule has 0 spiro atoms. The van der Waals surface area contributed by atoms with Crippen molar-refractivity contribution in [3.8, 4) is 5.75 Å². The van der Waals surface area contributed by atoms with Crippen LogP contribution >= 0.6 is 15.9 Å². The fourth-order valence-corrected chi connectivity index (χ4v) is 1.13. The van der Waals surface area contributed by atoms with Crippen molar-refractivity contribution >= 4 is 27.5 Å². The van der Waals surface area contributed by atoms with Crippen molar-refractivity contribution in [2.45, 2.75) is 18.1 Å². The van der Waals surface area contributed by atoms with Crippen LogP contribution in [-0.2, 0) is 4.79 Å². The van der Waals surface area contributed by atoms with E-state index in [0.717, 1.165) is 12.1 Å². The van der Waals surface area contributed by atoms with Crippen LogP contribution in [0.15, 0.2) is 24.3 Å². The zero-order valence-corrected chi connectivity index (χ0v) is 10.3. The summed E-state index contributed by atoms with van der Waals surface area (Å²) < 4.78 is 39.6. The van der Waals surface area contributed by atoms with Crippen molar-refractivity contribution < 1.29 is 22.7 Å². The van der Waals surface area contributed by atoms with Crippen LogP contribution in [0.25, 0.3) is 0 Å². The highest BCUT2D eigenvalue weighted by Gasteiger charge is 2.31. The van der Waals surface area contributed by atoms with Gasteiger partial charge in [0.25, 0.3) is 0 Å². The largest absolute Gasteiger partial charge is 0.573 e. The SMILES string of the molecule is CC(Br)C(=O)Nc1cccc(OC(F)(F)F)c1. The molecule has 0 bridgehead atoms. The molecule has 0 aromatic heterocycles. The fraction of sp³-hybridized carbons (Fsp3) is 0.300. The van der Waals surface area contributed by atoms with Crippen LogP contribution in [0.1, 0.15) is 6.92 Å². The first-order valence-corrected chi connectivity index (χ1v) is 5.50. The highest BCUT2D eigenvalue weighted by Crippen LogP contribution is 2.25. The van der Waals surface area contributed by atoms with E-state index >= 15 is 0 Å². The molecule has 1 N–H and O–H groups in total. The Morgan fingerprint density at radius 2 is 2.12 bits per heavy atom. The van der Waals surface area contributed by atoms with E-state index in [-0.39, 0.29) is 17.3 Å². The molecule has 0 radical (unpaired) electrons. The van der Waals surface area contributed by atoms with Crippen LogP contribution in [0.5, 0.6) is 5.75 Å². The average Bonchev–Trinajstić information content (AvgIpc) is 2.15. The maximum atomic E-state index is 11.9. The van der Waals surface area contributed by atoms with Gasteiger partial charge in [-0.2, -0.15) is 0 Å². The summed E-state index contributed by atoms with van der Waals surface area (Å²) in [5.74, 6) is -0.730. The van der Waals surface area contributed by atoms with Crippen LogP contribution in [0.3, 0.4) is 0 Å². The van der Waals surface area contributed by atoms with E-state index in [1.807, 2.05) is 0 Å². The Kier molecular flexibility index (Phi) is 4.39. The molecule has 1 aromatic carbocycles. The smallest absolute Gasteiger partial charge is 0.406 e. The van der Waals surface area contributed by atoms with Gasteiger partial charge in [0.05, 0.1) is 4.83 Å². The Morgan fingerprint density at radius 3 is 2.65 bits per heavy atom. The molecule has 0 fully saturated rings. The second-order valence-corrected chi connectivity index (χ2v) is 4.55. The summed E-state index contributed by atoms with van der Waals surface area (Å²) >= 11 is 3.04. The van der Waals surface area contributed by atoms with Gasteiger partial charge < -0.3 is 10.1 Å². The molecule has 1 atom stereocenters. The van der Waals surface area contributed by atoms with E-state index in [9.17, 15) is 18.0 Å². The van der Waals surface area contributed by atoms with Crippen molar-refractivity contribution in [3.63, 3.8) is 0 Å². The average molecular weight is 312 g/mol. The van der Waals surface area contributed by atoms with Crippen molar-refractivity contribution in [1.29, 1.82) is 0 Å². The zero-order valence-electron chi connectivity index (χ0n) is 8.72. The number of carbonyl (C=O) groups is 1. The van der Waals surface area contributed by atoms with Gasteiger partial charge in [-0.1, -0.05) is 22.0 Å². The van der Waals surface area contributed by atoms with Gasteiger partial charge in [-0.05, 0) is 19.1 Å². The molecule has 94 valence electrons. The lowest BCUT2D eigenvalue weighted by Crippen LogP contribution is -2.20. The summed E-state index contributed by atoms with van der Waals surface area (Å²) in [5, 5.41) is 2.43. The summed E-state index contributed by atoms with van der Waals surface area (Å²) in [6.45, 7) is 1.60. The van der Waals surface area contributed by atoms with Gasteiger partial charge in [0, 0.05) is 11.8 Å². The third-order valence-electron chi connectivity index (χ3n) is 1.70. The molecule has 1 aromatic rings. The van der Waals surface area contributed by atoms with Gasteiger partial charge in [-0.3, -0.25) is 4.79 Å². The Hall–Kier alpha value is -1.24. The molecule has 0 aliphatic carbocycles.